The van der Waals surface area contributed by atoms with Gasteiger partial charge in [-0.15, -0.1) is 0 Å². The van der Waals surface area contributed by atoms with Crippen molar-refractivity contribution in [2.75, 3.05) is 0 Å². The van der Waals surface area contributed by atoms with Crippen molar-refractivity contribution < 1.29 is 9.18 Å². The van der Waals surface area contributed by atoms with Gasteiger partial charge in [0, 0.05) is 31.0 Å². The molecule has 2 aromatic heterocycles. The minimum atomic E-state index is -0.503. The van der Waals surface area contributed by atoms with Crippen LogP contribution < -0.4 is 10.9 Å². The topological polar surface area (TPSA) is 92.7 Å². The number of aromatic nitrogens is 4. The molecule has 1 atom stereocenters. The Morgan fingerprint density at radius 2 is 1.91 bits per heavy atom. The molecule has 0 aliphatic carbocycles. The van der Waals surface area contributed by atoms with Crippen LogP contribution in [0.1, 0.15) is 53.2 Å². The number of carbonyl (C=O) groups excluding carboxylic acids is 1. The number of H-pyrrole nitrogens is 1. The summed E-state index contributed by atoms with van der Waals surface area (Å²) < 4.78 is 15.4. The van der Waals surface area contributed by atoms with Crippen LogP contribution in [0.3, 0.4) is 0 Å². The second-order valence-corrected chi connectivity index (χ2v) is 8.12. The first-order valence-corrected chi connectivity index (χ1v) is 10.4. The molecule has 0 spiro atoms. The van der Waals surface area contributed by atoms with Crippen molar-refractivity contribution in [1.82, 2.24) is 24.8 Å². The molecule has 2 N–H and O–H groups in total. The van der Waals surface area contributed by atoms with Gasteiger partial charge in [0.25, 0.3) is 11.5 Å². The first-order chi connectivity index (χ1) is 15.3. The smallest absolute Gasteiger partial charge is 0.251 e. The van der Waals surface area contributed by atoms with E-state index in [1.807, 2.05) is 31.5 Å². The van der Waals surface area contributed by atoms with Crippen LogP contribution in [0.25, 0.3) is 11.0 Å². The number of imidazole rings is 1. The molecule has 0 aliphatic heterocycles. The first kappa shape index (κ1) is 21.4. The summed E-state index contributed by atoms with van der Waals surface area (Å²) >= 11 is 0. The second-order valence-electron chi connectivity index (χ2n) is 8.12. The third-order valence-corrected chi connectivity index (χ3v) is 5.34. The fraction of sp³-hybridized carbons (Fsp3) is 0.250. The Kier molecular flexibility index (Phi) is 5.85. The van der Waals surface area contributed by atoms with Gasteiger partial charge in [0.05, 0.1) is 29.1 Å². The van der Waals surface area contributed by atoms with Crippen LogP contribution in [-0.4, -0.2) is 25.4 Å². The quantitative estimate of drug-likeness (QED) is 0.486. The number of nitrogens with one attached hydrogen (secondary N) is 2. The Morgan fingerprint density at radius 3 is 2.62 bits per heavy atom. The minimum Gasteiger partial charge on any atom is -0.345 e. The first-order valence-electron chi connectivity index (χ1n) is 10.4. The number of benzene rings is 2. The van der Waals surface area contributed by atoms with Gasteiger partial charge in [0.15, 0.2) is 0 Å². The Morgan fingerprint density at radius 1 is 1.16 bits per heavy atom. The Bertz CT molecular complexity index is 1320. The van der Waals surface area contributed by atoms with Crippen molar-refractivity contribution in [1.29, 1.82) is 0 Å². The normalized spacial score (nSPS) is 12.3. The van der Waals surface area contributed by atoms with Gasteiger partial charge in [-0.05, 0) is 35.9 Å². The molecule has 164 valence electrons. The largest absolute Gasteiger partial charge is 0.345 e. The van der Waals surface area contributed by atoms with Crippen molar-refractivity contribution in [3.63, 3.8) is 0 Å². The van der Waals surface area contributed by atoms with Crippen LogP contribution in [0.5, 0.6) is 0 Å². The predicted molar refractivity (Wildman–Crippen MR) is 120 cm³/mol. The maximum absolute atomic E-state index is 13.5. The SMILES string of the molecule is CC(C)c1nc(C[C@H](NC(=O)c2ccc3c(c2)ncn3C)c2ccc(F)cc2)cc(=O)[nH]1. The molecule has 0 aliphatic rings. The van der Waals surface area contributed by atoms with Gasteiger partial charge in [-0.25, -0.2) is 14.4 Å². The van der Waals surface area contributed by atoms with Crippen molar-refractivity contribution in [3.05, 3.63) is 93.7 Å². The number of rotatable bonds is 6. The summed E-state index contributed by atoms with van der Waals surface area (Å²) in [5.74, 6) is -0.0273. The molecule has 2 aromatic carbocycles. The highest BCUT2D eigenvalue weighted by Crippen LogP contribution is 2.21. The van der Waals surface area contributed by atoms with Crippen LogP contribution in [0.2, 0.25) is 0 Å². The maximum atomic E-state index is 13.5. The van der Waals surface area contributed by atoms with E-state index in [-0.39, 0.29) is 29.6 Å². The Labute approximate surface area is 184 Å². The molecule has 0 unspecified atom stereocenters. The maximum Gasteiger partial charge on any atom is 0.251 e. The predicted octanol–water partition coefficient (Wildman–Crippen LogP) is 3.63. The lowest BCUT2D eigenvalue weighted by molar-refractivity contribution is 0.0936. The summed E-state index contributed by atoms with van der Waals surface area (Å²) in [6, 6.07) is 12.2. The Hall–Kier alpha value is -3.81. The molecule has 1 amide bonds. The molecule has 7 nitrogen and oxygen atoms in total. The molecule has 4 rings (SSSR count). The number of fused-ring (bicyclic) bond motifs is 1. The molecule has 0 saturated carbocycles. The number of amides is 1. The number of hydrogen-bond donors (Lipinski definition) is 2. The van der Waals surface area contributed by atoms with Crippen molar-refractivity contribution in [3.8, 4) is 0 Å². The zero-order valence-corrected chi connectivity index (χ0v) is 18.1. The van der Waals surface area contributed by atoms with Gasteiger partial charge >= 0.3 is 0 Å². The number of aromatic amines is 1. The summed E-state index contributed by atoms with van der Waals surface area (Å²) in [5, 5.41) is 3.01. The highest BCUT2D eigenvalue weighted by atomic mass is 19.1. The lowest BCUT2D eigenvalue weighted by Crippen LogP contribution is -2.30. The zero-order chi connectivity index (χ0) is 22.8. The van der Waals surface area contributed by atoms with Crippen LogP contribution in [-0.2, 0) is 13.5 Å². The molecule has 0 saturated heterocycles. The number of aryl methyl sites for hydroxylation is 1. The lowest BCUT2D eigenvalue weighted by atomic mass is 10.0. The zero-order valence-electron chi connectivity index (χ0n) is 18.1. The lowest BCUT2D eigenvalue weighted by Gasteiger charge is -2.20. The van der Waals surface area contributed by atoms with Crippen LogP contribution in [0.4, 0.5) is 4.39 Å². The standard InChI is InChI=1S/C24H24FN5O2/c1-14(2)23-27-18(12-22(31)29-23)11-19(15-4-7-17(25)8-5-15)28-24(32)16-6-9-21-20(10-16)26-13-30(21)3/h4-10,12-14,19H,11H2,1-3H3,(H,28,32)(H,27,29,31)/t19-/m0/s1. The van der Waals surface area contributed by atoms with Gasteiger partial charge in [-0.3, -0.25) is 9.59 Å². The van der Waals surface area contributed by atoms with Gasteiger partial charge in [0.1, 0.15) is 11.6 Å². The van der Waals surface area contributed by atoms with Gasteiger partial charge in [0.2, 0.25) is 0 Å². The molecule has 0 fully saturated rings. The van der Waals surface area contributed by atoms with Gasteiger partial charge in [-0.1, -0.05) is 26.0 Å². The highest BCUT2D eigenvalue weighted by molar-refractivity contribution is 5.97. The summed E-state index contributed by atoms with van der Waals surface area (Å²) in [4.78, 5) is 36.8. The van der Waals surface area contributed by atoms with E-state index in [9.17, 15) is 14.0 Å². The third kappa shape index (κ3) is 4.59. The number of halogens is 1. The summed E-state index contributed by atoms with van der Waals surface area (Å²) in [6.07, 6.45) is 1.98. The van der Waals surface area contributed by atoms with Crippen LogP contribution >= 0.6 is 0 Å². The Balaban J connectivity index is 1.65. The van der Waals surface area contributed by atoms with E-state index in [1.54, 1.807) is 30.6 Å². The van der Waals surface area contributed by atoms with E-state index in [0.717, 1.165) is 11.0 Å². The van der Waals surface area contributed by atoms with Crippen molar-refractivity contribution >= 4 is 16.9 Å². The van der Waals surface area contributed by atoms with E-state index in [4.69, 9.17) is 0 Å². The second kappa shape index (κ2) is 8.74. The number of carbonyl (C=O) groups is 1. The van der Waals surface area contributed by atoms with Gasteiger partial charge in [-0.2, -0.15) is 0 Å². The summed E-state index contributed by atoms with van der Waals surface area (Å²) in [6.45, 7) is 3.88. The van der Waals surface area contributed by atoms with E-state index < -0.39 is 6.04 Å². The molecular formula is C24H24FN5O2. The van der Waals surface area contributed by atoms with E-state index in [1.165, 1.54) is 18.2 Å². The van der Waals surface area contributed by atoms with Crippen molar-refractivity contribution in [2.24, 2.45) is 7.05 Å². The third-order valence-electron chi connectivity index (χ3n) is 5.34. The summed E-state index contributed by atoms with van der Waals surface area (Å²) in [5.41, 5.74) is 3.12. The van der Waals surface area contributed by atoms with E-state index >= 15 is 0 Å². The fourth-order valence-corrected chi connectivity index (χ4v) is 3.58. The van der Waals surface area contributed by atoms with E-state index in [0.29, 0.717) is 22.6 Å². The van der Waals surface area contributed by atoms with Crippen molar-refractivity contribution in [2.45, 2.75) is 32.2 Å². The molecule has 2 heterocycles. The van der Waals surface area contributed by atoms with Crippen LogP contribution in [0.15, 0.2) is 59.7 Å². The average molecular weight is 433 g/mol. The fourth-order valence-electron chi connectivity index (χ4n) is 3.58. The number of nitrogens with zero attached hydrogens (tertiary/aromatic N) is 3. The average Bonchev–Trinajstić information content (AvgIpc) is 3.13. The highest BCUT2D eigenvalue weighted by Gasteiger charge is 2.19. The molecule has 4 aromatic rings. The number of hydrogen-bond acceptors (Lipinski definition) is 4. The molecule has 8 heteroatoms. The minimum absolute atomic E-state index is 0.0478. The molecule has 0 radical (unpaired) electrons. The molecular weight excluding hydrogens is 409 g/mol. The van der Waals surface area contributed by atoms with E-state index in [2.05, 4.69) is 20.3 Å². The molecule has 32 heavy (non-hydrogen) atoms. The van der Waals surface area contributed by atoms with Gasteiger partial charge < -0.3 is 14.9 Å². The monoisotopic (exact) mass is 433 g/mol. The van der Waals surface area contributed by atoms with Crippen LogP contribution in [0, 0.1) is 5.82 Å². The summed E-state index contributed by atoms with van der Waals surface area (Å²) in [7, 11) is 1.89. The molecule has 0 bridgehead atoms.